The number of hydrogen-bond acceptors (Lipinski definition) is 2. The fraction of sp³-hybridized carbons (Fsp3) is 1.00. The van der Waals surface area contributed by atoms with E-state index in [1.165, 1.54) is 6.42 Å². The molecule has 1 unspecified atom stereocenters. The van der Waals surface area contributed by atoms with E-state index in [1.54, 1.807) is 14.2 Å². The molecule has 11 heavy (non-hydrogen) atoms. The predicted molar refractivity (Wildman–Crippen MR) is 53.0 cm³/mol. The van der Waals surface area contributed by atoms with Crippen LogP contribution in [0.15, 0.2) is 0 Å². The molecule has 4 heteroatoms. The van der Waals surface area contributed by atoms with E-state index in [2.05, 4.69) is 29.1 Å². The van der Waals surface area contributed by atoms with E-state index in [0.29, 0.717) is 5.54 Å². The molecule has 0 saturated heterocycles. The Balaban J connectivity index is 4.00. The molecule has 0 fully saturated rings. The Morgan fingerprint density at radius 3 is 2.09 bits per heavy atom. The van der Waals surface area contributed by atoms with Gasteiger partial charge in [-0.25, -0.2) is 0 Å². The lowest BCUT2D eigenvalue weighted by molar-refractivity contribution is 0.257. The average molecular weight is 241 g/mol. The van der Waals surface area contributed by atoms with Crippen molar-refractivity contribution in [1.29, 1.82) is 0 Å². The van der Waals surface area contributed by atoms with Crippen LogP contribution < -0.4 is 0 Å². The topological polar surface area (TPSA) is 18.5 Å². The van der Waals surface area contributed by atoms with Crippen LogP contribution in [0.1, 0.15) is 26.7 Å². The first-order valence-corrected chi connectivity index (χ1v) is 8.05. The smallest absolute Gasteiger partial charge is 0.390 e. The van der Waals surface area contributed by atoms with Crippen LogP contribution in [-0.4, -0.2) is 21.4 Å². The van der Waals surface area contributed by atoms with E-state index in [1.807, 2.05) is 0 Å². The zero-order chi connectivity index (χ0) is 8.91. The Bertz CT molecular complexity index is 107. The molecule has 0 aliphatic heterocycles. The molecule has 0 rings (SSSR count). The lowest BCUT2D eigenvalue weighted by Crippen LogP contribution is -2.37. The van der Waals surface area contributed by atoms with Crippen LogP contribution in [0.2, 0.25) is 5.54 Å². The normalized spacial score (nSPS) is 15.0. The SMILES string of the molecule is CCCC(C)[Si](Br)(OC)OC. The van der Waals surface area contributed by atoms with E-state index in [4.69, 9.17) is 8.85 Å². The summed E-state index contributed by atoms with van der Waals surface area (Å²) < 4.78 is 10.7. The molecule has 0 heterocycles. The predicted octanol–water partition coefficient (Wildman–Crippen LogP) is 2.80. The molecular formula is C7H17BrO2Si. The van der Waals surface area contributed by atoms with Crippen LogP contribution in [0.25, 0.3) is 0 Å². The standard InChI is InChI=1S/C7H17BrO2Si/c1-5-6-7(2)11(8,9-3)10-4/h7H,5-6H2,1-4H3. The maximum Gasteiger partial charge on any atom is 0.416 e. The maximum atomic E-state index is 5.33. The van der Waals surface area contributed by atoms with Gasteiger partial charge in [0.2, 0.25) is 0 Å². The molecule has 0 bridgehead atoms. The molecule has 0 saturated carbocycles. The minimum atomic E-state index is -2.01. The summed E-state index contributed by atoms with van der Waals surface area (Å²) in [5, 5.41) is 0. The average Bonchev–Trinajstić information content (AvgIpc) is 2.03. The molecule has 0 N–H and O–H groups in total. The van der Waals surface area contributed by atoms with Crippen molar-refractivity contribution in [3.63, 3.8) is 0 Å². The van der Waals surface area contributed by atoms with E-state index >= 15 is 0 Å². The fourth-order valence-corrected chi connectivity index (χ4v) is 3.38. The zero-order valence-electron chi connectivity index (χ0n) is 7.69. The van der Waals surface area contributed by atoms with Crippen molar-refractivity contribution in [3.8, 4) is 0 Å². The summed E-state index contributed by atoms with van der Waals surface area (Å²) in [6.07, 6.45) is 2.33. The third-order valence-electron chi connectivity index (χ3n) is 1.87. The Kier molecular flexibility index (Phi) is 5.59. The molecule has 0 aromatic heterocycles. The summed E-state index contributed by atoms with van der Waals surface area (Å²) in [6.45, 7) is 4.33. The quantitative estimate of drug-likeness (QED) is 0.544. The molecular weight excluding hydrogens is 224 g/mol. The van der Waals surface area contributed by atoms with Crippen molar-refractivity contribution in [3.05, 3.63) is 0 Å². The van der Waals surface area contributed by atoms with E-state index in [0.717, 1.165) is 6.42 Å². The van der Waals surface area contributed by atoms with Crippen LogP contribution in [0.4, 0.5) is 0 Å². The summed E-state index contributed by atoms with van der Waals surface area (Å²) in [7, 11) is 1.40. The van der Waals surface area contributed by atoms with Gasteiger partial charge in [0.25, 0.3) is 0 Å². The second-order valence-electron chi connectivity index (χ2n) is 2.68. The van der Waals surface area contributed by atoms with Gasteiger partial charge in [-0.1, -0.05) is 35.6 Å². The molecule has 0 aromatic rings. The van der Waals surface area contributed by atoms with E-state index < -0.39 is 7.18 Å². The summed E-state index contributed by atoms with van der Waals surface area (Å²) in [5.41, 5.74) is 0.502. The summed E-state index contributed by atoms with van der Waals surface area (Å²) in [4.78, 5) is 0. The van der Waals surface area contributed by atoms with Crippen molar-refractivity contribution in [2.45, 2.75) is 32.2 Å². The highest BCUT2D eigenvalue weighted by Crippen LogP contribution is 2.32. The first-order valence-electron chi connectivity index (χ1n) is 3.90. The molecule has 0 spiro atoms. The van der Waals surface area contributed by atoms with Gasteiger partial charge in [0.15, 0.2) is 0 Å². The van der Waals surface area contributed by atoms with Crippen LogP contribution >= 0.6 is 15.3 Å². The number of hydrogen-bond donors (Lipinski definition) is 0. The number of rotatable bonds is 5. The first-order chi connectivity index (χ1) is 5.10. The molecule has 2 nitrogen and oxygen atoms in total. The monoisotopic (exact) mass is 240 g/mol. The molecule has 0 amide bonds. The lowest BCUT2D eigenvalue weighted by atomic mass is 10.3. The molecule has 0 aliphatic rings. The Labute approximate surface area is 78.1 Å². The van der Waals surface area contributed by atoms with Gasteiger partial charge >= 0.3 is 7.18 Å². The van der Waals surface area contributed by atoms with Crippen molar-refractivity contribution in [2.24, 2.45) is 0 Å². The van der Waals surface area contributed by atoms with Crippen LogP contribution in [0.5, 0.6) is 0 Å². The maximum absolute atomic E-state index is 5.33. The van der Waals surface area contributed by atoms with Gasteiger partial charge in [-0.2, -0.15) is 0 Å². The van der Waals surface area contributed by atoms with Gasteiger partial charge in [0.1, 0.15) is 0 Å². The Morgan fingerprint density at radius 2 is 1.82 bits per heavy atom. The summed E-state index contributed by atoms with van der Waals surface area (Å²) in [6, 6.07) is 0. The highest BCUT2D eigenvalue weighted by Gasteiger charge is 2.38. The largest absolute Gasteiger partial charge is 0.416 e. The van der Waals surface area contributed by atoms with Crippen molar-refractivity contribution in [1.82, 2.24) is 0 Å². The van der Waals surface area contributed by atoms with Gasteiger partial charge in [-0.3, -0.25) is 0 Å². The van der Waals surface area contributed by atoms with Crippen LogP contribution in [-0.2, 0) is 8.85 Å². The van der Waals surface area contributed by atoms with Crippen molar-refractivity contribution < 1.29 is 8.85 Å². The highest BCUT2D eigenvalue weighted by molar-refractivity contribution is 9.25. The summed E-state index contributed by atoms with van der Waals surface area (Å²) in [5.74, 6) is 0. The molecule has 0 radical (unpaired) electrons. The van der Waals surface area contributed by atoms with E-state index in [9.17, 15) is 0 Å². The Morgan fingerprint density at radius 1 is 1.36 bits per heavy atom. The van der Waals surface area contributed by atoms with Gasteiger partial charge in [-0.05, 0) is 6.42 Å². The van der Waals surface area contributed by atoms with E-state index in [-0.39, 0.29) is 0 Å². The lowest BCUT2D eigenvalue weighted by Gasteiger charge is -2.26. The third kappa shape index (κ3) is 3.23. The van der Waals surface area contributed by atoms with Crippen molar-refractivity contribution in [2.75, 3.05) is 14.2 Å². The zero-order valence-corrected chi connectivity index (χ0v) is 10.3. The highest BCUT2D eigenvalue weighted by atomic mass is 79.9. The second-order valence-corrected chi connectivity index (χ2v) is 8.96. The van der Waals surface area contributed by atoms with Gasteiger partial charge in [0.05, 0.1) is 0 Å². The minimum absolute atomic E-state index is 0.502. The molecule has 68 valence electrons. The number of halogens is 1. The van der Waals surface area contributed by atoms with Crippen LogP contribution in [0.3, 0.4) is 0 Å². The first kappa shape index (κ1) is 11.6. The second kappa shape index (κ2) is 5.30. The third-order valence-corrected chi connectivity index (χ3v) is 8.73. The van der Waals surface area contributed by atoms with Crippen LogP contribution in [0, 0.1) is 0 Å². The summed E-state index contributed by atoms with van der Waals surface area (Å²) >= 11 is 3.54. The molecule has 0 aliphatic carbocycles. The van der Waals surface area contributed by atoms with Gasteiger partial charge in [0, 0.05) is 19.8 Å². The molecule has 1 atom stereocenters. The minimum Gasteiger partial charge on any atom is -0.390 e. The Hall–Kier alpha value is 0.617. The van der Waals surface area contributed by atoms with Gasteiger partial charge < -0.3 is 8.85 Å². The van der Waals surface area contributed by atoms with Crippen molar-refractivity contribution >= 4 is 22.5 Å². The van der Waals surface area contributed by atoms with Gasteiger partial charge in [-0.15, -0.1) is 0 Å². The fourth-order valence-electron chi connectivity index (χ4n) is 1.09. The molecule has 0 aromatic carbocycles.